The Hall–Kier alpha value is -1.36. The highest BCUT2D eigenvalue weighted by molar-refractivity contribution is 5.84. The van der Waals surface area contributed by atoms with Crippen LogP contribution in [0.2, 0.25) is 0 Å². The van der Waals surface area contributed by atoms with Crippen LogP contribution in [0.1, 0.15) is 71.6 Å². The van der Waals surface area contributed by atoms with E-state index in [1.807, 2.05) is 0 Å². The predicted octanol–water partition coefficient (Wildman–Crippen LogP) is 3.26. The molecule has 0 aromatic heterocycles. The predicted molar refractivity (Wildman–Crippen MR) is 115 cm³/mol. The third-order valence-corrected chi connectivity index (χ3v) is 7.87. The van der Waals surface area contributed by atoms with Gasteiger partial charge in [-0.3, -0.25) is 14.5 Å². The van der Waals surface area contributed by atoms with E-state index in [2.05, 4.69) is 35.5 Å². The lowest BCUT2D eigenvalue weighted by Crippen LogP contribution is -2.54. The zero-order chi connectivity index (χ0) is 20.4. The van der Waals surface area contributed by atoms with Crippen molar-refractivity contribution in [1.82, 2.24) is 15.5 Å². The van der Waals surface area contributed by atoms with Crippen LogP contribution < -0.4 is 10.6 Å². The van der Waals surface area contributed by atoms with E-state index >= 15 is 0 Å². The molecule has 5 nitrogen and oxygen atoms in total. The van der Waals surface area contributed by atoms with Crippen molar-refractivity contribution in [3.05, 3.63) is 11.6 Å². The van der Waals surface area contributed by atoms with E-state index < -0.39 is 0 Å². The molecule has 4 aliphatic carbocycles. The Morgan fingerprint density at radius 2 is 1.59 bits per heavy atom. The molecule has 5 rings (SSSR count). The first kappa shape index (κ1) is 20.9. The van der Waals surface area contributed by atoms with Crippen LogP contribution in [-0.4, -0.2) is 48.9 Å². The first-order valence-electron chi connectivity index (χ1n) is 11.9. The lowest BCUT2D eigenvalue weighted by atomic mass is 9.49. The molecule has 0 aromatic rings. The van der Waals surface area contributed by atoms with Gasteiger partial charge in [0.15, 0.2) is 0 Å². The number of carbonyl (C=O) groups excluding carboxylic acids is 2. The summed E-state index contributed by atoms with van der Waals surface area (Å²) >= 11 is 0. The summed E-state index contributed by atoms with van der Waals surface area (Å²) in [5.74, 6) is 2.64. The lowest BCUT2D eigenvalue weighted by molar-refractivity contribution is -0.146. The molecule has 0 atom stereocenters. The zero-order valence-corrected chi connectivity index (χ0v) is 18.3. The Kier molecular flexibility index (Phi) is 6.33. The summed E-state index contributed by atoms with van der Waals surface area (Å²) in [6.07, 6.45) is 12.0. The van der Waals surface area contributed by atoms with E-state index in [9.17, 15) is 9.59 Å². The van der Waals surface area contributed by atoms with Gasteiger partial charge in [0.1, 0.15) is 0 Å². The molecule has 0 spiro atoms. The number of nitrogens with zero attached hydrogens (tertiary/aromatic N) is 1. The van der Waals surface area contributed by atoms with E-state index in [0.717, 1.165) is 69.5 Å². The van der Waals surface area contributed by atoms with Crippen molar-refractivity contribution in [2.45, 2.75) is 77.7 Å². The number of nitrogens with one attached hydrogen (secondary N) is 2. The van der Waals surface area contributed by atoms with Crippen LogP contribution in [0.5, 0.6) is 0 Å². The summed E-state index contributed by atoms with van der Waals surface area (Å²) in [4.78, 5) is 27.8. The summed E-state index contributed by atoms with van der Waals surface area (Å²) in [6.45, 7) is 7.84. The molecule has 1 aliphatic heterocycles. The topological polar surface area (TPSA) is 61.4 Å². The van der Waals surface area contributed by atoms with Gasteiger partial charge in [0.25, 0.3) is 0 Å². The van der Waals surface area contributed by atoms with Crippen molar-refractivity contribution in [3.8, 4) is 0 Å². The summed E-state index contributed by atoms with van der Waals surface area (Å²) in [5.41, 5.74) is 1.25. The molecule has 29 heavy (non-hydrogen) atoms. The second-order valence-electron chi connectivity index (χ2n) is 10.6. The van der Waals surface area contributed by atoms with E-state index in [0.29, 0.717) is 13.0 Å². The Bertz CT molecular complexity index is 609. The minimum absolute atomic E-state index is 0.0820. The maximum absolute atomic E-state index is 13.0. The van der Waals surface area contributed by atoms with Gasteiger partial charge in [0.05, 0.1) is 0 Å². The van der Waals surface area contributed by atoms with Gasteiger partial charge < -0.3 is 10.6 Å². The number of carbonyl (C=O) groups is 2. The average Bonchev–Trinajstić information content (AvgIpc) is 2.66. The van der Waals surface area contributed by atoms with Gasteiger partial charge in [-0.1, -0.05) is 11.6 Å². The highest BCUT2D eigenvalue weighted by Gasteiger charge is 2.54. The van der Waals surface area contributed by atoms with Crippen molar-refractivity contribution in [2.75, 3.05) is 26.2 Å². The standard InChI is InChI=1S/C24H39N3O2/c1-17(2)4-8-27-9-5-21(6-10-27)26-22(28)3-7-25-23(29)24-14-18-11-19(15-24)13-20(12-18)16-24/h4,18-21H,3,5-16H2,1-2H3,(H,25,29)(H,26,28). The number of amides is 2. The summed E-state index contributed by atoms with van der Waals surface area (Å²) in [5, 5.41) is 6.31. The Balaban J connectivity index is 1.15. The summed E-state index contributed by atoms with van der Waals surface area (Å²) in [6, 6.07) is 0.282. The molecular weight excluding hydrogens is 362 g/mol. The van der Waals surface area contributed by atoms with Crippen LogP contribution in [0.3, 0.4) is 0 Å². The van der Waals surface area contributed by atoms with Gasteiger partial charge in [-0.05, 0) is 83.0 Å². The lowest BCUT2D eigenvalue weighted by Gasteiger charge is -2.55. The largest absolute Gasteiger partial charge is 0.355 e. The fraction of sp³-hybridized carbons (Fsp3) is 0.833. The van der Waals surface area contributed by atoms with E-state index in [4.69, 9.17) is 0 Å². The molecule has 2 amide bonds. The normalized spacial score (nSPS) is 34.1. The number of allylic oxidation sites excluding steroid dienone is 1. The maximum atomic E-state index is 13.0. The summed E-state index contributed by atoms with van der Waals surface area (Å²) < 4.78 is 0. The monoisotopic (exact) mass is 401 g/mol. The minimum atomic E-state index is -0.108. The molecule has 0 aromatic carbocycles. The number of hydrogen-bond donors (Lipinski definition) is 2. The van der Waals surface area contributed by atoms with Gasteiger partial charge in [0, 0.05) is 44.1 Å². The Labute approximate surface area is 176 Å². The Morgan fingerprint density at radius 3 is 2.14 bits per heavy atom. The number of likely N-dealkylation sites (tertiary alicyclic amines) is 1. The highest BCUT2D eigenvalue weighted by Crippen LogP contribution is 2.60. The van der Waals surface area contributed by atoms with Gasteiger partial charge >= 0.3 is 0 Å². The molecule has 5 fully saturated rings. The second-order valence-corrected chi connectivity index (χ2v) is 10.6. The molecule has 0 unspecified atom stereocenters. The molecule has 5 heteroatoms. The van der Waals surface area contributed by atoms with Gasteiger partial charge in [-0.25, -0.2) is 0 Å². The Morgan fingerprint density at radius 1 is 1.00 bits per heavy atom. The van der Waals surface area contributed by atoms with Crippen LogP contribution in [0.4, 0.5) is 0 Å². The molecule has 4 bridgehead atoms. The second kappa shape index (κ2) is 8.79. The van der Waals surface area contributed by atoms with Crippen LogP contribution in [0, 0.1) is 23.2 Å². The third kappa shape index (κ3) is 5.04. The molecule has 0 radical (unpaired) electrons. The molecule has 4 saturated carbocycles. The molecule has 1 heterocycles. The number of hydrogen-bond acceptors (Lipinski definition) is 3. The van der Waals surface area contributed by atoms with Crippen LogP contribution in [-0.2, 0) is 9.59 Å². The van der Waals surface area contributed by atoms with E-state index in [1.165, 1.54) is 24.8 Å². The van der Waals surface area contributed by atoms with Crippen molar-refractivity contribution in [3.63, 3.8) is 0 Å². The van der Waals surface area contributed by atoms with E-state index in [-0.39, 0.29) is 23.3 Å². The fourth-order valence-corrected chi connectivity index (χ4v) is 6.74. The van der Waals surface area contributed by atoms with Crippen molar-refractivity contribution in [1.29, 1.82) is 0 Å². The van der Waals surface area contributed by atoms with Gasteiger partial charge in [0.2, 0.25) is 11.8 Å². The number of piperidine rings is 1. The van der Waals surface area contributed by atoms with Crippen LogP contribution >= 0.6 is 0 Å². The first-order valence-corrected chi connectivity index (χ1v) is 11.9. The SMILES string of the molecule is CC(C)=CCN1CCC(NC(=O)CCNC(=O)C23CC4CC(CC(C4)C2)C3)CC1. The summed E-state index contributed by atoms with van der Waals surface area (Å²) in [7, 11) is 0. The quantitative estimate of drug-likeness (QED) is 0.644. The van der Waals surface area contributed by atoms with Gasteiger partial charge in [-0.15, -0.1) is 0 Å². The van der Waals surface area contributed by atoms with Crippen molar-refractivity contribution < 1.29 is 9.59 Å². The molecule has 2 N–H and O–H groups in total. The van der Waals surface area contributed by atoms with Crippen LogP contribution in [0.15, 0.2) is 11.6 Å². The zero-order valence-electron chi connectivity index (χ0n) is 18.3. The first-order chi connectivity index (χ1) is 13.9. The van der Waals surface area contributed by atoms with Crippen molar-refractivity contribution in [2.24, 2.45) is 23.2 Å². The number of rotatable bonds is 7. The average molecular weight is 402 g/mol. The highest BCUT2D eigenvalue weighted by atomic mass is 16.2. The third-order valence-electron chi connectivity index (χ3n) is 7.87. The molecule has 5 aliphatic rings. The van der Waals surface area contributed by atoms with Crippen molar-refractivity contribution >= 4 is 11.8 Å². The molecule has 1 saturated heterocycles. The van der Waals surface area contributed by atoms with E-state index in [1.54, 1.807) is 0 Å². The van der Waals surface area contributed by atoms with Gasteiger partial charge in [-0.2, -0.15) is 0 Å². The smallest absolute Gasteiger partial charge is 0.226 e. The maximum Gasteiger partial charge on any atom is 0.226 e. The fourth-order valence-electron chi connectivity index (χ4n) is 6.74. The molecular formula is C24H39N3O2. The minimum Gasteiger partial charge on any atom is -0.355 e. The molecule has 162 valence electrons. The van der Waals surface area contributed by atoms with Crippen LogP contribution in [0.25, 0.3) is 0 Å².